The van der Waals surface area contributed by atoms with Crippen LogP contribution in [0.5, 0.6) is 0 Å². The molecule has 3 rings (SSSR count). The number of hydrogen-bond acceptors (Lipinski definition) is 4. The van der Waals surface area contributed by atoms with E-state index in [2.05, 4.69) is 16.3 Å². The first-order valence-electron chi connectivity index (χ1n) is 9.48. The molecule has 5 heteroatoms. The van der Waals surface area contributed by atoms with Crippen molar-refractivity contribution >= 4 is 17.7 Å². The lowest BCUT2D eigenvalue weighted by atomic mass is 10.1. The van der Waals surface area contributed by atoms with E-state index in [0.29, 0.717) is 12.1 Å². The molecule has 1 fully saturated rings. The first kappa shape index (κ1) is 19.5. The van der Waals surface area contributed by atoms with Crippen LogP contribution in [0.4, 0.5) is 0 Å². The van der Waals surface area contributed by atoms with Gasteiger partial charge in [-0.05, 0) is 55.8 Å². The Kier molecular flexibility index (Phi) is 7.32. The van der Waals surface area contributed by atoms with Crippen LogP contribution >= 0.6 is 11.8 Å². The molecule has 1 N–H and O–H groups in total. The highest BCUT2D eigenvalue weighted by atomic mass is 32.2. The number of rotatable bonds is 7. The third-order valence-electron chi connectivity index (χ3n) is 4.77. The van der Waals surface area contributed by atoms with Crippen LogP contribution in [0.3, 0.4) is 0 Å². The van der Waals surface area contributed by atoms with Crippen molar-refractivity contribution in [2.75, 3.05) is 26.2 Å². The smallest absolute Gasteiger partial charge is 0.252 e. The van der Waals surface area contributed by atoms with Gasteiger partial charge in [-0.3, -0.25) is 4.79 Å². The molecular weight excluding hydrogens is 354 g/mol. The highest BCUT2D eigenvalue weighted by molar-refractivity contribution is 7.98. The van der Waals surface area contributed by atoms with E-state index in [1.165, 1.54) is 19.3 Å². The summed E-state index contributed by atoms with van der Waals surface area (Å²) >= 11 is 1.65. The lowest BCUT2D eigenvalue weighted by Gasteiger charge is -2.26. The second kappa shape index (κ2) is 10.1. The van der Waals surface area contributed by atoms with Crippen LogP contribution < -0.4 is 5.32 Å². The standard InChI is InChI=1S/C22H25N3OS/c23-16-18-8-10-19(11-9-18)17-27-21-7-3-2-6-20(21)22(26)24-12-15-25-13-4-1-5-14-25/h2-3,6-11H,1,4-5,12-15,17H2,(H,24,26). The average Bonchev–Trinajstić information content (AvgIpc) is 2.73. The van der Waals surface area contributed by atoms with Crippen molar-refractivity contribution in [3.8, 4) is 6.07 Å². The second-order valence-electron chi connectivity index (χ2n) is 6.75. The van der Waals surface area contributed by atoms with E-state index >= 15 is 0 Å². The summed E-state index contributed by atoms with van der Waals surface area (Å²) < 4.78 is 0. The molecule has 1 aliphatic heterocycles. The Balaban J connectivity index is 1.54. The number of carbonyl (C=O) groups is 1. The summed E-state index contributed by atoms with van der Waals surface area (Å²) in [6, 6.07) is 17.5. The van der Waals surface area contributed by atoms with E-state index in [-0.39, 0.29) is 5.91 Å². The molecule has 1 aliphatic rings. The van der Waals surface area contributed by atoms with Gasteiger partial charge in [-0.1, -0.05) is 30.7 Å². The molecule has 1 heterocycles. The van der Waals surface area contributed by atoms with E-state index in [1.807, 2.05) is 48.5 Å². The van der Waals surface area contributed by atoms with Crippen LogP contribution in [0, 0.1) is 11.3 Å². The topological polar surface area (TPSA) is 56.1 Å². The summed E-state index contributed by atoms with van der Waals surface area (Å²) in [4.78, 5) is 16.0. The Hall–Kier alpha value is -2.29. The number of piperidine rings is 1. The van der Waals surface area contributed by atoms with Crippen molar-refractivity contribution < 1.29 is 4.79 Å². The number of benzene rings is 2. The maximum absolute atomic E-state index is 12.6. The molecule has 0 aromatic heterocycles. The van der Waals surface area contributed by atoms with Gasteiger partial charge < -0.3 is 10.2 Å². The number of nitrogens with zero attached hydrogens (tertiary/aromatic N) is 2. The van der Waals surface area contributed by atoms with Gasteiger partial charge >= 0.3 is 0 Å². The SMILES string of the molecule is N#Cc1ccc(CSc2ccccc2C(=O)NCCN2CCCCC2)cc1. The van der Waals surface area contributed by atoms with Crippen LogP contribution in [-0.4, -0.2) is 37.0 Å². The molecule has 4 nitrogen and oxygen atoms in total. The van der Waals surface area contributed by atoms with Crippen LogP contribution in [0.2, 0.25) is 0 Å². The minimum Gasteiger partial charge on any atom is -0.351 e. The summed E-state index contributed by atoms with van der Waals surface area (Å²) in [5.41, 5.74) is 2.53. The van der Waals surface area contributed by atoms with E-state index in [1.54, 1.807) is 11.8 Å². The van der Waals surface area contributed by atoms with Gasteiger partial charge in [0.1, 0.15) is 0 Å². The fourth-order valence-corrected chi connectivity index (χ4v) is 4.23. The Morgan fingerprint density at radius 1 is 1.07 bits per heavy atom. The third kappa shape index (κ3) is 5.85. The minimum atomic E-state index is -0.00469. The predicted molar refractivity (Wildman–Crippen MR) is 110 cm³/mol. The zero-order valence-corrected chi connectivity index (χ0v) is 16.3. The van der Waals surface area contributed by atoms with E-state index < -0.39 is 0 Å². The number of carbonyl (C=O) groups excluding carboxylic acids is 1. The highest BCUT2D eigenvalue weighted by Gasteiger charge is 2.13. The summed E-state index contributed by atoms with van der Waals surface area (Å²) in [7, 11) is 0. The molecule has 0 aliphatic carbocycles. The maximum atomic E-state index is 12.6. The summed E-state index contributed by atoms with van der Waals surface area (Å²) in [6.45, 7) is 3.90. The van der Waals surface area contributed by atoms with E-state index in [0.717, 1.165) is 41.4 Å². The van der Waals surface area contributed by atoms with Crippen molar-refractivity contribution in [2.45, 2.75) is 29.9 Å². The molecule has 0 atom stereocenters. The van der Waals surface area contributed by atoms with Crippen LogP contribution in [0.1, 0.15) is 40.7 Å². The molecule has 27 heavy (non-hydrogen) atoms. The summed E-state index contributed by atoms with van der Waals surface area (Å²) in [6.07, 6.45) is 3.86. The number of thioether (sulfide) groups is 1. The lowest BCUT2D eigenvalue weighted by molar-refractivity contribution is 0.0943. The van der Waals surface area contributed by atoms with Crippen LogP contribution in [0.25, 0.3) is 0 Å². The van der Waals surface area contributed by atoms with Crippen LogP contribution in [0.15, 0.2) is 53.4 Å². The molecule has 2 aromatic rings. The number of amides is 1. The van der Waals surface area contributed by atoms with E-state index in [4.69, 9.17) is 5.26 Å². The van der Waals surface area contributed by atoms with Crippen molar-refractivity contribution in [1.82, 2.24) is 10.2 Å². The lowest BCUT2D eigenvalue weighted by Crippen LogP contribution is -2.37. The summed E-state index contributed by atoms with van der Waals surface area (Å²) in [5, 5.41) is 12.0. The molecule has 0 bridgehead atoms. The Labute approximate surface area is 165 Å². The van der Waals surface area contributed by atoms with Crippen molar-refractivity contribution in [2.24, 2.45) is 0 Å². The fraction of sp³-hybridized carbons (Fsp3) is 0.364. The molecular formula is C22H25N3OS. The number of hydrogen-bond donors (Lipinski definition) is 1. The van der Waals surface area contributed by atoms with Crippen molar-refractivity contribution in [3.05, 3.63) is 65.2 Å². The number of likely N-dealkylation sites (tertiary alicyclic amines) is 1. The van der Waals surface area contributed by atoms with Crippen molar-refractivity contribution in [3.63, 3.8) is 0 Å². The maximum Gasteiger partial charge on any atom is 0.252 e. The molecule has 2 aromatic carbocycles. The highest BCUT2D eigenvalue weighted by Crippen LogP contribution is 2.26. The van der Waals surface area contributed by atoms with Gasteiger partial charge in [0, 0.05) is 23.7 Å². The molecule has 1 saturated heterocycles. The minimum absolute atomic E-state index is 0.00469. The normalized spacial score (nSPS) is 14.5. The molecule has 0 saturated carbocycles. The second-order valence-corrected chi connectivity index (χ2v) is 7.77. The molecule has 140 valence electrons. The molecule has 0 spiro atoms. The Bertz CT molecular complexity index is 792. The number of nitriles is 1. The summed E-state index contributed by atoms with van der Waals surface area (Å²) in [5.74, 6) is 0.763. The largest absolute Gasteiger partial charge is 0.351 e. The van der Waals surface area contributed by atoms with Gasteiger partial charge in [0.2, 0.25) is 0 Å². The van der Waals surface area contributed by atoms with E-state index in [9.17, 15) is 4.79 Å². The molecule has 0 unspecified atom stereocenters. The Morgan fingerprint density at radius 3 is 2.56 bits per heavy atom. The third-order valence-corrected chi connectivity index (χ3v) is 5.92. The first-order chi connectivity index (χ1) is 13.3. The zero-order valence-electron chi connectivity index (χ0n) is 15.5. The molecule has 1 amide bonds. The van der Waals surface area contributed by atoms with Crippen LogP contribution in [-0.2, 0) is 5.75 Å². The zero-order chi connectivity index (χ0) is 18.9. The molecule has 0 radical (unpaired) electrons. The van der Waals surface area contributed by atoms with Gasteiger partial charge in [0.05, 0.1) is 17.2 Å². The van der Waals surface area contributed by atoms with Gasteiger partial charge in [-0.15, -0.1) is 11.8 Å². The predicted octanol–water partition coefficient (Wildman–Crippen LogP) is 4.07. The van der Waals surface area contributed by atoms with Gasteiger partial charge in [-0.2, -0.15) is 5.26 Å². The quantitative estimate of drug-likeness (QED) is 0.737. The number of nitrogens with one attached hydrogen (secondary N) is 1. The van der Waals surface area contributed by atoms with Gasteiger partial charge in [-0.25, -0.2) is 0 Å². The monoisotopic (exact) mass is 379 g/mol. The van der Waals surface area contributed by atoms with Gasteiger partial charge in [0.15, 0.2) is 0 Å². The average molecular weight is 380 g/mol. The fourth-order valence-electron chi connectivity index (χ4n) is 3.22. The van der Waals surface area contributed by atoms with Crippen molar-refractivity contribution in [1.29, 1.82) is 5.26 Å². The Morgan fingerprint density at radius 2 is 1.81 bits per heavy atom. The first-order valence-corrected chi connectivity index (χ1v) is 10.5. The van der Waals surface area contributed by atoms with Gasteiger partial charge in [0.25, 0.3) is 5.91 Å².